The number of nitrogens with one attached hydrogen (secondary N) is 2. The zero-order valence-electron chi connectivity index (χ0n) is 16.1. The molecule has 0 radical (unpaired) electrons. The van der Waals surface area contributed by atoms with Crippen LogP contribution in [0.2, 0.25) is 0 Å². The van der Waals surface area contributed by atoms with E-state index in [4.69, 9.17) is 8.94 Å². The number of aromatic nitrogens is 1. The van der Waals surface area contributed by atoms with Gasteiger partial charge in [-0.3, -0.25) is 9.59 Å². The van der Waals surface area contributed by atoms with Gasteiger partial charge in [0.2, 0.25) is 0 Å². The summed E-state index contributed by atoms with van der Waals surface area (Å²) in [6.45, 7) is 6.90. The van der Waals surface area contributed by atoms with Crippen LogP contribution in [0.15, 0.2) is 44.7 Å². The van der Waals surface area contributed by atoms with Gasteiger partial charge in [0, 0.05) is 24.6 Å². The van der Waals surface area contributed by atoms with E-state index in [1.165, 1.54) is 11.3 Å². The summed E-state index contributed by atoms with van der Waals surface area (Å²) in [5, 5.41) is 11.3. The topological polar surface area (TPSA) is 97.4 Å². The highest BCUT2D eigenvalue weighted by Gasteiger charge is 2.20. The predicted molar refractivity (Wildman–Crippen MR) is 107 cm³/mol. The molecular weight excluding hydrogens is 378 g/mol. The van der Waals surface area contributed by atoms with Crippen LogP contribution in [-0.2, 0) is 5.41 Å². The van der Waals surface area contributed by atoms with Crippen molar-refractivity contribution in [1.82, 2.24) is 15.8 Å². The molecule has 3 aromatic rings. The number of nitrogens with zero attached hydrogens (tertiary/aromatic N) is 1. The van der Waals surface area contributed by atoms with Crippen LogP contribution in [0.5, 0.6) is 0 Å². The van der Waals surface area contributed by atoms with E-state index in [-0.39, 0.29) is 28.7 Å². The molecule has 0 saturated heterocycles. The summed E-state index contributed by atoms with van der Waals surface area (Å²) in [5.74, 6) is 1.05. The van der Waals surface area contributed by atoms with E-state index in [1.807, 2.05) is 44.4 Å². The molecule has 0 atom stereocenters. The first-order valence-corrected chi connectivity index (χ1v) is 9.90. The Kier molecular flexibility index (Phi) is 5.99. The van der Waals surface area contributed by atoms with Crippen molar-refractivity contribution >= 4 is 23.2 Å². The molecule has 0 saturated carbocycles. The van der Waals surface area contributed by atoms with Gasteiger partial charge in [-0.25, -0.2) is 0 Å². The maximum absolute atomic E-state index is 12.1. The van der Waals surface area contributed by atoms with E-state index < -0.39 is 0 Å². The van der Waals surface area contributed by atoms with E-state index in [0.717, 1.165) is 10.6 Å². The fraction of sp³-hybridized carbons (Fsp3) is 0.350. The van der Waals surface area contributed by atoms with Crippen LogP contribution in [0.3, 0.4) is 0 Å². The number of hydrogen-bond acceptors (Lipinski definition) is 6. The van der Waals surface area contributed by atoms with Crippen LogP contribution in [0.4, 0.5) is 0 Å². The highest BCUT2D eigenvalue weighted by molar-refractivity contribution is 7.13. The van der Waals surface area contributed by atoms with Gasteiger partial charge in [0.1, 0.15) is 5.76 Å². The zero-order valence-corrected chi connectivity index (χ0v) is 16.9. The molecular formula is C20H23N3O4S. The monoisotopic (exact) mass is 401 g/mol. The molecule has 0 aromatic carbocycles. The first-order chi connectivity index (χ1) is 13.3. The van der Waals surface area contributed by atoms with Gasteiger partial charge in [-0.15, -0.1) is 11.3 Å². The van der Waals surface area contributed by atoms with Crippen molar-refractivity contribution in [2.24, 2.45) is 0 Å². The first kappa shape index (κ1) is 19.9. The van der Waals surface area contributed by atoms with Crippen LogP contribution in [0.25, 0.3) is 10.6 Å². The second-order valence-corrected chi connectivity index (χ2v) is 8.28. The number of furan rings is 1. The predicted octanol–water partition coefficient (Wildman–Crippen LogP) is 3.84. The van der Waals surface area contributed by atoms with E-state index >= 15 is 0 Å². The minimum absolute atomic E-state index is 0.146. The van der Waals surface area contributed by atoms with E-state index in [9.17, 15) is 9.59 Å². The molecule has 0 aliphatic carbocycles. The Balaban J connectivity index is 1.39. The number of hydrogen-bond donors (Lipinski definition) is 2. The average Bonchev–Trinajstić information content (AvgIpc) is 3.41. The highest BCUT2D eigenvalue weighted by Crippen LogP contribution is 2.25. The molecule has 3 rings (SSSR count). The number of amides is 2. The molecule has 0 aliphatic rings. The van der Waals surface area contributed by atoms with E-state index in [1.54, 1.807) is 12.1 Å². The molecule has 0 bridgehead atoms. The van der Waals surface area contributed by atoms with Crippen LogP contribution >= 0.6 is 11.3 Å². The van der Waals surface area contributed by atoms with Crippen molar-refractivity contribution in [3.8, 4) is 10.6 Å². The molecule has 2 N–H and O–H groups in total. The lowest BCUT2D eigenvalue weighted by Gasteiger charge is -2.14. The number of rotatable bonds is 7. The third-order valence-electron chi connectivity index (χ3n) is 4.00. The maximum atomic E-state index is 12.1. The van der Waals surface area contributed by atoms with Gasteiger partial charge >= 0.3 is 0 Å². The fourth-order valence-electron chi connectivity index (χ4n) is 2.45. The Morgan fingerprint density at radius 2 is 1.86 bits per heavy atom. The lowest BCUT2D eigenvalue weighted by atomic mass is 9.94. The highest BCUT2D eigenvalue weighted by atomic mass is 32.1. The van der Waals surface area contributed by atoms with Crippen LogP contribution in [0, 0.1) is 0 Å². The Morgan fingerprint density at radius 3 is 2.50 bits per heavy atom. The van der Waals surface area contributed by atoms with Crippen molar-refractivity contribution in [2.45, 2.75) is 32.6 Å². The van der Waals surface area contributed by atoms with Crippen molar-refractivity contribution < 1.29 is 18.5 Å². The Hall–Kier alpha value is -2.87. The molecule has 0 aliphatic heterocycles. The summed E-state index contributed by atoms with van der Waals surface area (Å²) < 4.78 is 10.8. The molecule has 3 heterocycles. The number of carbonyl (C=O) groups is 2. The van der Waals surface area contributed by atoms with Gasteiger partial charge in [0.15, 0.2) is 17.2 Å². The summed E-state index contributed by atoms with van der Waals surface area (Å²) in [4.78, 5) is 25.1. The first-order valence-electron chi connectivity index (χ1n) is 9.02. The smallest absolute Gasteiger partial charge is 0.286 e. The van der Waals surface area contributed by atoms with Gasteiger partial charge in [-0.2, -0.15) is 0 Å². The quantitative estimate of drug-likeness (QED) is 0.586. The molecule has 3 aromatic heterocycles. The van der Waals surface area contributed by atoms with Gasteiger partial charge in [-0.1, -0.05) is 32.0 Å². The standard InChI is InChI=1S/C20H23N3O4S/c1-20(2,3)17-8-7-14(26-17)19(25)22-10-5-9-21-18(24)13-12-15(27-23-13)16-6-4-11-28-16/h4,6-8,11-12H,5,9-10H2,1-3H3,(H,21,24)(H,22,25). The van der Waals surface area contributed by atoms with E-state index in [0.29, 0.717) is 25.3 Å². The van der Waals surface area contributed by atoms with Crippen molar-refractivity contribution in [2.75, 3.05) is 13.1 Å². The lowest BCUT2D eigenvalue weighted by molar-refractivity contribution is 0.0922. The third-order valence-corrected chi connectivity index (χ3v) is 4.88. The van der Waals surface area contributed by atoms with Gasteiger partial charge in [-0.05, 0) is 30.0 Å². The second-order valence-electron chi connectivity index (χ2n) is 7.33. The Bertz CT molecular complexity index is 935. The second kappa shape index (κ2) is 8.43. The summed E-state index contributed by atoms with van der Waals surface area (Å²) in [6.07, 6.45) is 0.583. The number of carbonyl (C=O) groups excluding carboxylic acids is 2. The van der Waals surface area contributed by atoms with Gasteiger partial charge in [0.25, 0.3) is 11.8 Å². The summed E-state index contributed by atoms with van der Waals surface area (Å²) in [7, 11) is 0. The average molecular weight is 401 g/mol. The molecule has 0 spiro atoms. The largest absolute Gasteiger partial charge is 0.455 e. The molecule has 0 unspecified atom stereocenters. The van der Waals surface area contributed by atoms with Gasteiger partial charge < -0.3 is 19.6 Å². The summed E-state index contributed by atoms with van der Waals surface area (Å²) in [5.41, 5.74) is 0.0885. The molecule has 8 heteroatoms. The molecule has 0 fully saturated rings. The molecule has 2 amide bonds. The van der Waals surface area contributed by atoms with Gasteiger partial charge in [0.05, 0.1) is 4.88 Å². The van der Waals surface area contributed by atoms with Crippen LogP contribution < -0.4 is 10.6 Å². The minimum atomic E-state index is -0.307. The molecule has 7 nitrogen and oxygen atoms in total. The summed E-state index contributed by atoms with van der Waals surface area (Å²) >= 11 is 1.52. The van der Waals surface area contributed by atoms with Crippen molar-refractivity contribution in [1.29, 1.82) is 0 Å². The normalized spacial score (nSPS) is 11.4. The lowest BCUT2D eigenvalue weighted by Crippen LogP contribution is -2.29. The Morgan fingerprint density at radius 1 is 1.11 bits per heavy atom. The van der Waals surface area contributed by atoms with Crippen LogP contribution in [-0.4, -0.2) is 30.1 Å². The summed E-state index contributed by atoms with van der Waals surface area (Å²) in [6, 6.07) is 8.92. The molecule has 28 heavy (non-hydrogen) atoms. The Labute approximate surface area is 167 Å². The van der Waals surface area contributed by atoms with Crippen molar-refractivity contribution in [3.05, 3.63) is 52.9 Å². The minimum Gasteiger partial charge on any atom is -0.455 e. The number of thiophene rings is 1. The fourth-order valence-corrected chi connectivity index (χ4v) is 3.12. The van der Waals surface area contributed by atoms with E-state index in [2.05, 4.69) is 15.8 Å². The SMILES string of the molecule is CC(C)(C)c1ccc(C(=O)NCCCNC(=O)c2cc(-c3cccs3)on2)o1. The maximum Gasteiger partial charge on any atom is 0.286 e. The zero-order chi connectivity index (χ0) is 20.1. The third kappa shape index (κ3) is 4.89. The molecule has 148 valence electrons. The van der Waals surface area contributed by atoms with Crippen LogP contribution in [0.1, 0.15) is 54.0 Å². The van der Waals surface area contributed by atoms with Crippen molar-refractivity contribution in [3.63, 3.8) is 0 Å².